The van der Waals surface area contributed by atoms with Crippen LogP contribution in [-0.2, 0) is 0 Å². The highest BCUT2D eigenvalue weighted by molar-refractivity contribution is 6.15. The second-order valence-electron chi connectivity index (χ2n) is 12.0. The lowest BCUT2D eigenvalue weighted by Gasteiger charge is -2.13. The normalized spacial score (nSPS) is 11.9. The number of hydrogen-bond donors (Lipinski definition) is 0. The Morgan fingerprint density at radius 2 is 1.26 bits per heavy atom. The predicted octanol–water partition coefficient (Wildman–Crippen LogP) is 11.8. The summed E-state index contributed by atoms with van der Waals surface area (Å²) in [6, 6.07) is 49.8. The van der Waals surface area contributed by atoms with Crippen LogP contribution in [0.2, 0.25) is 0 Å². The molecule has 0 unspecified atom stereocenters. The van der Waals surface area contributed by atoms with Crippen molar-refractivity contribution in [3.8, 4) is 22.6 Å². The van der Waals surface area contributed by atoms with Gasteiger partial charge in [0.05, 0.1) is 39.1 Å². The lowest BCUT2D eigenvalue weighted by molar-refractivity contribution is 1.12. The van der Waals surface area contributed by atoms with Gasteiger partial charge in [-0.3, -0.25) is 0 Å². The molecule has 47 heavy (non-hydrogen) atoms. The van der Waals surface area contributed by atoms with Gasteiger partial charge in [-0.15, -0.1) is 0 Å². The fourth-order valence-corrected chi connectivity index (χ4v) is 7.45. The molecule has 0 saturated heterocycles. The molecule has 0 fully saturated rings. The van der Waals surface area contributed by atoms with Crippen molar-refractivity contribution in [1.82, 2.24) is 14.1 Å². The van der Waals surface area contributed by atoms with Crippen LogP contribution in [0.15, 0.2) is 152 Å². The molecular weight excluding hydrogens is 571 g/mol. The van der Waals surface area contributed by atoms with E-state index in [1.165, 1.54) is 38.0 Å². The van der Waals surface area contributed by atoms with Crippen LogP contribution in [0.25, 0.3) is 89.2 Å². The Morgan fingerprint density at radius 3 is 2.06 bits per heavy atom. The van der Waals surface area contributed by atoms with Gasteiger partial charge < -0.3 is 9.13 Å². The molecule has 3 heterocycles. The number of hydrogen-bond acceptors (Lipinski definition) is 1. The molecule has 0 spiro atoms. The molecule has 0 bridgehead atoms. The van der Waals surface area contributed by atoms with Gasteiger partial charge in [-0.25, -0.2) is 4.98 Å². The van der Waals surface area contributed by atoms with Crippen LogP contribution in [0, 0.1) is 0 Å². The smallest absolute Gasteiger partial charge is 0.0788 e. The quantitative estimate of drug-likeness (QED) is 0.180. The zero-order valence-electron chi connectivity index (χ0n) is 26.1. The van der Waals surface area contributed by atoms with Gasteiger partial charge in [0.1, 0.15) is 0 Å². The molecule has 3 aromatic heterocycles. The summed E-state index contributed by atoms with van der Waals surface area (Å²) >= 11 is 0. The van der Waals surface area contributed by atoms with E-state index in [2.05, 4.69) is 174 Å². The van der Waals surface area contributed by atoms with Crippen molar-refractivity contribution in [2.75, 3.05) is 0 Å². The summed E-state index contributed by atoms with van der Waals surface area (Å²) in [5, 5.41) is 7.14. The van der Waals surface area contributed by atoms with Gasteiger partial charge in [0.15, 0.2) is 0 Å². The standard InChI is InChI=1S/C44H31N3/c1-3-15-33-36-28-29(44-34-20-9-8-18-31(34)32-19-10-12-22-37(32)45-44)26-27-40(36)47(38(33)4-2)42-25-14-24-41-43(42)35-21-11-13-23-39(35)46(41)30-16-6-5-7-17-30/h3-28H,2H2,1H3/b15-3-. The molecule has 0 aliphatic heterocycles. The fraction of sp³-hybridized carbons (Fsp3) is 0.0227. The molecule has 222 valence electrons. The summed E-state index contributed by atoms with van der Waals surface area (Å²) in [5.41, 5.74) is 11.1. The number of rotatable bonds is 5. The first-order valence-electron chi connectivity index (χ1n) is 16.1. The third-order valence-electron chi connectivity index (χ3n) is 9.38. The summed E-state index contributed by atoms with van der Waals surface area (Å²) < 4.78 is 4.76. The number of para-hydroxylation sites is 3. The topological polar surface area (TPSA) is 22.8 Å². The average Bonchev–Trinajstić information content (AvgIpc) is 3.64. The first-order valence-corrected chi connectivity index (χ1v) is 16.1. The van der Waals surface area contributed by atoms with E-state index in [1.807, 2.05) is 6.08 Å². The van der Waals surface area contributed by atoms with Crippen LogP contribution in [0.5, 0.6) is 0 Å². The van der Waals surface area contributed by atoms with Crippen molar-refractivity contribution >= 4 is 66.5 Å². The summed E-state index contributed by atoms with van der Waals surface area (Å²) in [6.45, 7) is 6.41. The minimum Gasteiger partial charge on any atom is -0.309 e. The van der Waals surface area contributed by atoms with E-state index < -0.39 is 0 Å². The molecule has 3 heteroatoms. The number of nitrogens with zero attached hydrogens (tertiary/aromatic N) is 3. The highest BCUT2D eigenvalue weighted by Gasteiger charge is 2.21. The van der Waals surface area contributed by atoms with Crippen molar-refractivity contribution in [3.63, 3.8) is 0 Å². The third-order valence-corrected chi connectivity index (χ3v) is 9.38. The molecule has 0 atom stereocenters. The Bertz CT molecular complexity index is 2700. The van der Waals surface area contributed by atoms with Gasteiger partial charge in [-0.2, -0.15) is 0 Å². The molecular formula is C44H31N3. The number of allylic oxidation sites excluding steroid dienone is 1. The highest BCUT2D eigenvalue weighted by Crippen LogP contribution is 2.41. The van der Waals surface area contributed by atoms with Gasteiger partial charge in [0.25, 0.3) is 0 Å². The van der Waals surface area contributed by atoms with E-state index in [1.54, 1.807) is 0 Å². The van der Waals surface area contributed by atoms with Crippen LogP contribution >= 0.6 is 0 Å². The molecule has 0 N–H and O–H groups in total. The van der Waals surface area contributed by atoms with Crippen molar-refractivity contribution in [2.45, 2.75) is 6.92 Å². The Kier molecular flexibility index (Phi) is 6.19. The summed E-state index contributed by atoms with van der Waals surface area (Å²) in [4.78, 5) is 5.22. The Hall–Kier alpha value is -6.19. The summed E-state index contributed by atoms with van der Waals surface area (Å²) in [5.74, 6) is 0. The fourth-order valence-electron chi connectivity index (χ4n) is 7.45. The number of benzene rings is 6. The zero-order valence-corrected chi connectivity index (χ0v) is 26.1. The molecule has 0 aliphatic carbocycles. The van der Waals surface area contributed by atoms with E-state index in [0.717, 1.165) is 50.3 Å². The van der Waals surface area contributed by atoms with Crippen LogP contribution in [0.1, 0.15) is 18.2 Å². The van der Waals surface area contributed by atoms with Crippen LogP contribution in [0.4, 0.5) is 0 Å². The predicted molar refractivity (Wildman–Crippen MR) is 201 cm³/mol. The lowest BCUT2D eigenvalue weighted by Crippen LogP contribution is -1.99. The Balaban J connectivity index is 1.36. The summed E-state index contributed by atoms with van der Waals surface area (Å²) in [6.07, 6.45) is 6.32. The number of fused-ring (bicyclic) bond motifs is 7. The van der Waals surface area contributed by atoms with Crippen LogP contribution in [-0.4, -0.2) is 14.1 Å². The molecule has 0 aliphatic rings. The van der Waals surface area contributed by atoms with Crippen LogP contribution < -0.4 is 0 Å². The maximum Gasteiger partial charge on any atom is 0.0788 e. The van der Waals surface area contributed by atoms with E-state index >= 15 is 0 Å². The minimum atomic E-state index is 0.994. The SMILES string of the molecule is C=Cc1c(/C=C\C)c2cc(-c3nc4ccccc4c4ccccc34)ccc2n1-c1cccc2c1c1ccccc1n2-c1ccccc1. The van der Waals surface area contributed by atoms with Crippen molar-refractivity contribution in [3.05, 3.63) is 163 Å². The molecule has 0 amide bonds. The third kappa shape index (κ3) is 4.03. The average molecular weight is 602 g/mol. The van der Waals surface area contributed by atoms with Gasteiger partial charge in [-0.1, -0.05) is 110 Å². The largest absolute Gasteiger partial charge is 0.309 e. The van der Waals surface area contributed by atoms with Gasteiger partial charge >= 0.3 is 0 Å². The summed E-state index contributed by atoms with van der Waals surface area (Å²) in [7, 11) is 0. The molecule has 9 aromatic rings. The number of pyridine rings is 1. The van der Waals surface area contributed by atoms with E-state index in [9.17, 15) is 0 Å². The first-order chi connectivity index (χ1) is 23.3. The van der Waals surface area contributed by atoms with E-state index in [4.69, 9.17) is 4.98 Å². The van der Waals surface area contributed by atoms with Crippen molar-refractivity contribution < 1.29 is 0 Å². The van der Waals surface area contributed by atoms with Gasteiger partial charge in [-0.05, 0) is 66.9 Å². The van der Waals surface area contributed by atoms with Crippen LogP contribution in [0.3, 0.4) is 0 Å². The minimum absolute atomic E-state index is 0.994. The first kappa shape index (κ1) is 27.1. The highest BCUT2D eigenvalue weighted by atomic mass is 15.0. The molecule has 3 nitrogen and oxygen atoms in total. The molecule has 0 radical (unpaired) electrons. The van der Waals surface area contributed by atoms with Gasteiger partial charge in [0, 0.05) is 43.7 Å². The molecule has 9 rings (SSSR count). The van der Waals surface area contributed by atoms with E-state index in [0.29, 0.717) is 0 Å². The van der Waals surface area contributed by atoms with Crippen molar-refractivity contribution in [1.29, 1.82) is 0 Å². The monoisotopic (exact) mass is 601 g/mol. The zero-order chi connectivity index (χ0) is 31.5. The lowest BCUT2D eigenvalue weighted by atomic mass is 9.98. The molecule has 0 saturated carbocycles. The van der Waals surface area contributed by atoms with Crippen molar-refractivity contribution in [2.24, 2.45) is 0 Å². The Labute approximate surface area is 273 Å². The van der Waals surface area contributed by atoms with E-state index in [-0.39, 0.29) is 0 Å². The van der Waals surface area contributed by atoms with Gasteiger partial charge in [0.2, 0.25) is 0 Å². The Morgan fingerprint density at radius 1 is 0.574 bits per heavy atom. The molecule has 6 aromatic carbocycles. The second kappa shape index (κ2) is 10.7. The maximum absolute atomic E-state index is 5.22. The number of aromatic nitrogens is 3. The maximum atomic E-state index is 5.22. The second-order valence-corrected chi connectivity index (χ2v) is 12.0.